The van der Waals surface area contributed by atoms with E-state index >= 15 is 0 Å². The van der Waals surface area contributed by atoms with Crippen LogP contribution in [0.1, 0.15) is 34.9 Å². The summed E-state index contributed by atoms with van der Waals surface area (Å²) in [5, 5.41) is 28.0. The number of hydrogen-bond acceptors (Lipinski definition) is 6. The molecule has 0 aromatic heterocycles. The zero-order valence-corrected chi connectivity index (χ0v) is 10.9. The topological polar surface area (TPSA) is 108 Å². The number of methoxy groups -OCH3 is 1. The monoisotopic (exact) mass is 277 g/mol. The molecular weight excluding hydrogens is 262 g/mol. The van der Waals surface area contributed by atoms with Crippen LogP contribution in [0.15, 0.2) is 24.3 Å². The second-order valence-corrected chi connectivity index (χ2v) is 4.17. The molecule has 0 aliphatic heterocycles. The van der Waals surface area contributed by atoms with E-state index in [9.17, 15) is 19.8 Å². The summed E-state index contributed by atoms with van der Waals surface area (Å²) in [7, 11) is 1.19. The highest BCUT2D eigenvalue weighted by atomic mass is 16.5. The minimum absolute atomic E-state index is 0.215. The molecule has 0 spiro atoms. The Kier molecular flexibility index (Phi) is 5.84. The maximum absolute atomic E-state index is 11.4. The minimum atomic E-state index is -1.29. The van der Waals surface area contributed by atoms with E-state index in [1.54, 1.807) is 6.07 Å². The summed E-state index contributed by atoms with van der Waals surface area (Å²) in [6.07, 6.45) is -3.09. The Labute approximate surface area is 116 Å². The van der Waals surface area contributed by atoms with Crippen molar-refractivity contribution in [2.24, 2.45) is 0 Å². The summed E-state index contributed by atoms with van der Waals surface area (Å²) in [6.45, 7) is 0. The van der Waals surface area contributed by atoms with E-state index < -0.39 is 18.2 Å². The highest BCUT2D eigenvalue weighted by molar-refractivity contribution is 5.97. The predicted molar refractivity (Wildman–Crippen MR) is 68.6 cm³/mol. The number of ether oxygens (including phenoxy) is 1. The first-order valence-electron chi connectivity index (χ1n) is 5.92. The van der Waals surface area contributed by atoms with Crippen LogP contribution in [0, 0.1) is 11.3 Å². The molecule has 2 atom stereocenters. The molecule has 6 heteroatoms. The molecule has 0 aliphatic carbocycles. The zero-order chi connectivity index (χ0) is 15.1. The van der Waals surface area contributed by atoms with Crippen LogP contribution in [-0.4, -0.2) is 35.2 Å². The standard InChI is InChI=1S/C14H15NO5/c1-20-13(18)8-12(17)14(19)10-4-2-9(3-5-10)11(16)6-7-15/h2-5,12,14,17,19H,6,8H2,1H3. The van der Waals surface area contributed by atoms with Crippen LogP contribution >= 0.6 is 0 Å². The van der Waals surface area contributed by atoms with Gasteiger partial charge in [0.25, 0.3) is 0 Å². The Morgan fingerprint density at radius 2 is 1.90 bits per heavy atom. The van der Waals surface area contributed by atoms with Gasteiger partial charge in [-0.2, -0.15) is 5.26 Å². The van der Waals surface area contributed by atoms with Gasteiger partial charge in [0.2, 0.25) is 0 Å². The lowest BCUT2D eigenvalue weighted by Crippen LogP contribution is -2.22. The summed E-state index contributed by atoms with van der Waals surface area (Å²) >= 11 is 0. The number of aliphatic hydroxyl groups is 2. The number of hydrogen-bond donors (Lipinski definition) is 2. The molecule has 1 aromatic rings. The number of esters is 1. The van der Waals surface area contributed by atoms with E-state index in [1.165, 1.54) is 31.4 Å². The van der Waals surface area contributed by atoms with E-state index in [-0.39, 0.29) is 18.6 Å². The Hall–Kier alpha value is -2.23. The Morgan fingerprint density at radius 1 is 1.30 bits per heavy atom. The number of ketones is 1. The average Bonchev–Trinajstić information content (AvgIpc) is 2.46. The first-order chi connectivity index (χ1) is 9.49. The van der Waals surface area contributed by atoms with Crippen molar-refractivity contribution in [2.75, 3.05) is 7.11 Å². The van der Waals surface area contributed by atoms with Gasteiger partial charge in [0.05, 0.1) is 32.1 Å². The van der Waals surface area contributed by atoms with Gasteiger partial charge in [-0.05, 0) is 5.56 Å². The molecule has 20 heavy (non-hydrogen) atoms. The second kappa shape index (κ2) is 7.38. The lowest BCUT2D eigenvalue weighted by atomic mass is 9.99. The molecule has 1 aromatic carbocycles. The molecule has 6 nitrogen and oxygen atoms in total. The number of carbonyl (C=O) groups excluding carboxylic acids is 2. The lowest BCUT2D eigenvalue weighted by Gasteiger charge is -2.17. The molecule has 0 bridgehead atoms. The largest absolute Gasteiger partial charge is 0.469 e. The Morgan fingerprint density at radius 3 is 2.40 bits per heavy atom. The Balaban J connectivity index is 2.75. The quantitative estimate of drug-likeness (QED) is 0.586. The first kappa shape index (κ1) is 15.8. The van der Waals surface area contributed by atoms with Crippen molar-refractivity contribution in [3.8, 4) is 6.07 Å². The van der Waals surface area contributed by atoms with Gasteiger partial charge in [0.15, 0.2) is 5.78 Å². The third-order valence-corrected chi connectivity index (χ3v) is 2.78. The first-order valence-corrected chi connectivity index (χ1v) is 5.92. The molecule has 0 amide bonds. The number of nitriles is 1. The molecule has 0 saturated heterocycles. The molecule has 0 aliphatic rings. The van der Waals surface area contributed by atoms with Gasteiger partial charge in [0, 0.05) is 5.56 Å². The molecule has 0 fully saturated rings. The number of nitrogens with zero attached hydrogens (tertiary/aromatic N) is 1. The van der Waals surface area contributed by atoms with Crippen molar-refractivity contribution >= 4 is 11.8 Å². The van der Waals surface area contributed by atoms with Crippen molar-refractivity contribution in [1.82, 2.24) is 0 Å². The summed E-state index contributed by atoms with van der Waals surface area (Å²) in [5.74, 6) is -0.944. The average molecular weight is 277 g/mol. The fourth-order valence-electron chi connectivity index (χ4n) is 1.63. The highest BCUT2D eigenvalue weighted by Gasteiger charge is 2.22. The smallest absolute Gasteiger partial charge is 0.308 e. The molecule has 1 rings (SSSR count). The van der Waals surface area contributed by atoms with Gasteiger partial charge < -0.3 is 14.9 Å². The van der Waals surface area contributed by atoms with Crippen LogP contribution in [0.5, 0.6) is 0 Å². The van der Waals surface area contributed by atoms with E-state index in [4.69, 9.17) is 5.26 Å². The molecular formula is C14H15NO5. The van der Waals surface area contributed by atoms with Gasteiger partial charge in [0.1, 0.15) is 6.10 Å². The van der Waals surface area contributed by atoms with Crippen LogP contribution in [0.25, 0.3) is 0 Å². The van der Waals surface area contributed by atoms with Gasteiger partial charge in [-0.1, -0.05) is 24.3 Å². The number of carbonyl (C=O) groups is 2. The zero-order valence-electron chi connectivity index (χ0n) is 10.9. The van der Waals surface area contributed by atoms with E-state index in [0.29, 0.717) is 11.1 Å². The Bertz CT molecular complexity index is 517. The molecule has 2 unspecified atom stereocenters. The van der Waals surface area contributed by atoms with Gasteiger partial charge in [-0.3, -0.25) is 9.59 Å². The molecule has 0 radical (unpaired) electrons. The number of benzene rings is 1. The van der Waals surface area contributed by atoms with Crippen molar-refractivity contribution in [1.29, 1.82) is 5.26 Å². The predicted octanol–water partition coefficient (Wildman–Crippen LogP) is 0.740. The summed E-state index contributed by atoms with van der Waals surface area (Å²) in [5.41, 5.74) is 0.722. The molecule has 0 heterocycles. The van der Waals surface area contributed by atoms with E-state index in [1.807, 2.05) is 0 Å². The van der Waals surface area contributed by atoms with Crippen molar-refractivity contribution < 1.29 is 24.5 Å². The lowest BCUT2D eigenvalue weighted by molar-refractivity contribution is -0.144. The second-order valence-electron chi connectivity index (χ2n) is 4.17. The van der Waals surface area contributed by atoms with E-state index in [2.05, 4.69) is 4.74 Å². The van der Waals surface area contributed by atoms with Crippen LogP contribution in [0.3, 0.4) is 0 Å². The fraction of sp³-hybridized carbons (Fsp3) is 0.357. The third-order valence-electron chi connectivity index (χ3n) is 2.78. The summed E-state index contributed by atoms with van der Waals surface area (Å²) < 4.78 is 4.40. The van der Waals surface area contributed by atoms with E-state index in [0.717, 1.165) is 0 Å². The molecule has 0 saturated carbocycles. The van der Waals surface area contributed by atoms with Crippen molar-refractivity contribution in [2.45, 2.75) is 25.0 Å². The van der Waals surface area contributed by atoms with Crippen LogP contribution in [0.4, 0.5) is 0 Å². The third kappa shape index (κ3) is 4.16. The van der Waals surface area contributed by atoms with Gasteiger partial charge >= 0.3 is 5.97 Å². The maximum atomic E-state index is 11.4. The van der Waals surface area contributed by atoms with Crippen molar-refractivity contribution in [3.63, 3.8) is 0 Å². The highest BCUT2D eigenvalue weighted by Crippen LogP contribution is 2.20. The fourth-order valence-corrected chi connectivity index (χ4v) is 1.63. The SMILES string of the molecule is COC(=O)CC(O)C(O)c1ccc(C(=O)CC#N)cc1. The summed E-state index contributed by atoms with van der Waals surface area (Å²) in [4.78, 5) is 22.5. The van der Waals surface area contributed by atoms with Crippen LogP contribution in [0.2, 0.25) is 0 Å². The molecule has 2 N–H and O–H groups in total. The molecule has 106 valence electrons. The van der Waals surface area contributed by atoms with Crippen LogP contribution in [-0.2, 0) is 9.53 Å². The van der Waals surface area contributed by atoms with Crippen molar-refractivity contribution in [3.05, 3.63) is 35.4 Å². The number of aliphatic hydroxyl groups excluding tert-OH is 2. The summed E-state index contributed by atoms with van der Waals surface area (Å²) in [6, 6.07) is 7.62. The number of Topliss-reactive ketones (excluding diaryl/α,β-unsaturated/α-hetero) is 1. The van der Waals surface area contributed by atoms with Gasteiger partial charge in [-0.25, -0.2) is 0 Å². The minimum Gasteiger partial charge on any atom is -0.469 e. The maximum Gasteiger partial charge on any atom is 0.308 e. The van der Waals surface area contributed by atoms with Crippen LogP contribution < -0.4 is 0 Å². The number of rotatable bonds is 6. The normalized spacial score (nSPS) is 13.1. The van der Waals surface area contributed by atoms with Gasteiger partial charge in [-0.15, -0.1) is 0 Å².